The van der Waals surface area contributed by atoms with Crippen LogP contribution in [0.15, 0.2) is 17.1 Å². The molecule has 1 aromatic heterocycles. The minimum Gasteiger partial charge on any atom is -0.466 e. The first-order chi connectivity index (χ1) is 9.70. The molecule has 1 saturated heterocycles. The molecule has 0 unspecified atom stereocenters. The van der Waals surface area contributed by atoms with E-state index in [9.17, 15) is 9.59 Å². The lowest BCUT2D eigenvalue weighted by atomic mass is 9.96. The van der Waals surface area contributed by atoms with Crippen LogP contribution in [0.25, 0.3) is 0 Å². The van der Waals surface area contributed by atoms with Crippen molar-refractivity contribution < 1.29 is 18.7 Å². The second kappa shape index (κ2) is 7.07. The summed E-state index contributed by atoms with van der Waals surface area (Å²) in [6, 6.07) is 0. The maximum Gasteiger partial charge on any atom is 0.309 e. The lowest BCUT2D eigenvalue weighted by molar-refractivity contribution is -0.151. The summed E-state index contributed by atoms with van der Waals surface area (Å²) in [5, 5.41) is 0. The van der Waals surface area contributed by atoms with Gasteiger partial charge in [-0.1, -0.05) is 0 Å². The van der Waals surface area contributed by atoms with Gasteiger partial charge in [0, 0.05) is 25.9 Å². The molecule has 1 fully saturated rings. The van der Waals surface area contributed by atoms with E-state index in [2.05, 4.69) is 4.98 Å². The number of amides is 1. The van der Waals surface area contributed by atoms with Crippen LogP contribution in [0, 0.1) is 5.92 Å². The van der Waals surface area contributed by atoms with Crippen molar-refractivity contribution in [3.63, 3.8) is 0 Å². The lowest BCUT2D eigenvalue weighted by Crippen LogP contribution is -2.40. The summed E-state index contributed by atoms with van der Waals surface area (Å²) >= 11 is 0. The van der Waals surface area contributed by atoms with Crippen molar-refractivity contribution in [1.82, 2.24) is 9.88 Å². The van der Waals surface area contributed by atoms with Crippen molar-refractivity contribution in [3.8, 4) is 0 Å². The number of likely N-dealkylation sites (tertiary alicyclic amines) is 1. The Kier molecular flexibility index (Phi) is 5.15. The second-order valence-corrected chi connectivity index (χ2v) is 4.89. The number of rotatable bonds is 5. The Morgan fingerprint density at radius 1 is 1.45 bits per heavy atom. The summed E-state index contributed by atoms with van der Waals surface area (Å²) in [5.41, 5.74) is 0.791. The van der Waals surface area contributed by atoms with Gasteiger partial charge in [0.15, 0.2) is 6.39 Å². The zero-order valence-electron chi connectivity index (χ0n) is 11.7. The molecule has 6 nitrogen and oxygen atoms in total. The topological polar surface area (TPSA) is 72.6 Å². The Bertz CT molecular complexity index is 436. The Labute approximate surface area is 118 Å². The molecule has 0 bridgehead atoms. The van der Waals surface area contributed by atoms with Crippen LogP contribution < -0.4 is 0 Å². The number of ether oxygens (including phenoxy) is 1. The molecule has 0 aliphatic carbocycles. The average molecular weight is 280 g/mol. The van der Waals surface area contributed by atoms with Gasteiger partial charge in [-0.15, -0.1) is 0 Å². The highest BCUT2D eigenvalue weighted by atomic mass is 16.5. The van der Waals surface area contributed by atoms with E-state index in [4.69, 9.17) is 9.15 Å². The molecule has 1 aromatic rings. The summed E-state index contributed by atoms with van der Waals surface area (Å²) in [4.78, 5) is 29.5. The van der Waals surface area contributed by atoms with Crippen molar-refractivity contribution in [3.05, 3.63) is 18.4 Å². The third-order valence-electron chi connectivity index (χ3n) is 3.55. The molecule has 1 amide bonds. The van der Waals surface area contributed by atoms with Crippen molar-refractivity contribution in [1.29, 1.82) is 0 Å². The highest BCUT2D eigenvalue weighted by Gasteiger charge is 2.27. The van der Waals surface area contributed by atoms with Crippen molar-refractivity contribution in [2.45, 2.75) is 32.6 Å². The minimum atomic E-state index is -0.137. The number of hydrogen-bond acceptors (Lipinski definition) is 5. The van der Waals surface area contributed by atoms with Gasteiger partial charge in [0.05, 0.1) is 18.2 Å². The number of hydrogen-bond donors (Lipinski definition) is 0. The van der Waals surface area contributed by atoms with Crippen molar-refractivity contribution >= 4 is 11.9 Å². The second-order valence-electron chi connectivity index (χ2n) is 4.89. The maximum atomic E-state index is 12.0. The van der Waals surface area contributed by atoms with Crippen molar-refractivity contribution in [2.75, 3.05) is 19.7 Å². The highest BCUT2D eigenvalue weighted by molar-refractivity contribution is 5.77. The van der Waals surface area contributed by atoms with Gasteiger partial charge in [0.2, 0.25) is 5.91 Å². The average Bonchev–Trinajstić information content (AvgIpc) is 2.98. The molecule has 6 heteroatoms. The Hall–Kier alpha value is -1.85. The molecule has 0 aromatic carbocycles. The van der Waals surface area contributed by atoms with Gasteiger partial charge in [-0.2, -0.15) is 0 Å². The first-order valence-electron chi connectivity index (χ1n) is 7.02. The molecule has 0 atom stereocenters. The zero-order valence-corrected chi connectivity index (χ0v) is 11.7. The number of carbonyl (C=O) groups is 2. The summed E-state index contributed by atoms with van der Waals surface area (Å²) in [6.07, 6.45) is 5.32. The molecule has 0 spiro atoms. The lowest BCUT2D eigenvalue weighted by Gasteiger charge is -2.30. The summed E-state index contributed by atoms with van der Waals surface area (Å²) < 4.78 is 9.88. The maximum absolute atomic E-state index is 12.0. The molecule has 2 heterocycles. The van der Waals surface area contributed by atoms with Crippen LogP contribution in [0.2, 0.25) is 0 Å². The number of esters is 1. The number of nitrogens with zero attached hydrogens (tertiary/aromatic N) is 2. The fraction of sp³-hybridized carbons (Fsp3) is 0.643. The SMILES string of the molecule is CCOC(=O)C1CCN(C(=O)CCc2cocn2)CC1. The summed E-state index contributed by atoms with van der Waals surface area (Å²) in [7, 11) is 0. The minimum absolute atomic E-state index is 0.0606. The predicted molar refractivity (Wildman–Crippen MR) is 70.8 cm³/mol. The molecule has 2 rings (SSSR count). The third-order valence-corrected chi connectivity index (χ3v) is 3.55. The number of aryl methyl sites for hydroxylation is 1. The number of piperidine rings is 1. The van der Waals surface area contributed by atoms with Crippen molar-refractivity contribution in [2.24, 2.45) is 5.92 Å². The fourth-order valence-corrected chi connectivity index (χ4v) is 2.38. The first kappa shape index (κ1) is 14.6. The monoisotopic (exact) mass is 280 g/mol. The van der Waals surface area contributed by atoms with Gasteiger partial charge < -0.3 is 14.1 Å². The summed E-state index contributed by atoms with van der Waals surface area (Å²) in [5.74, 6) is -0.0907. The standard InChI is InChI=1S/C14H20N2O4/c1-2-20-14(18)11-5-7-16(8-6-11)13(17)4-3-12-9-19-10-15-12/h9-11H,2-8H2,1H3. The van der Waals surface area contributed by atoms with E-state index < -0.39 is 0 Å². The molecular formula is C14H20N2O4. The Balaban J connectivity index is 1.73. The van der Waals surface area contributed by atoms with Crippen LogP contribution in [0.3, 0.4) is 0 Å². The van der Waals surface area contributed by atoms with Crippen LogP contribution in [0.1, 0.15) is 31.9 Å². The van der Waals surface area contributed by atoms with Crippen LogP contribution in [0.4, 0.5) is 0 Å². The van der Waals surface area contributed by atoms with E-state index in [0.29, 0.717) is 45.4 Å². The van der Waals surface area contributed by atoms with Crippen LogP contribution >= 0.6 is 0 Å². The van der Waals surface area contributed by atoms with E-state index in [1.54, 1.807) is 13.2 Å². The Morgan fingerprint density at radius 2 is 2.20 bits per heavy atom. The fourth-order valence-electron chi connectivity index (χ4n) is 2.38. The molecule has 20 heavy (non-hydrogen) atoms. The van der Waals surface area contributed by atoms with Gasteiger partial charge in [-0.05, 0) is 19.8 Å². The van der Waals surface area contributed by atoms with Gasteiger partial charge in [0.25, 0.3) is 0 Å². The molecule has 0 saturated carbocycles. The quantitative estimate of drug-likeness (QED) is 0.762. The Morgan fingerprint density at radius 3 is 2.80 bits per heavy atom. The highest BCUT2D eigenvalue weighted by Crippen LogP contribution is 2.19. The van der Waals surface area contributed by atoms with Gasteiger partial charge in [0.1, 0.15) is 6.26 Å². The number of aromatic nitrogens is 1. The van der Waals surface area contributed by atoms with E-state index in [0.717, 1.165) is 5.69 Å². The third kappa shape index (κ3) is 3.82. The van der Waals surface area contributed by atoms with Crippen LogP contribution in [-0.2, 0) is 20.7 Å². The molecule has 0 radical (unpaired) electrons. The number of oxazole rings is 1. The zero-order chi connectivity index (χ0) is 14.4. The molecule has 1 aliphatic heterocycles. The van der Waals surface area contributed by atoms with E-state index >= 15 is 0 Å². The summed E-state index contributed by atoms with van der Waals surface area (Å²) in [6.45, 7) is 3.47. The van der Waals surface area contributed by atoms with Gasteiger partial charge in [-0.25, -0.2) is 4.98 Å². The molecular weight excluding hydrogens is 260 g/mol. The van der Waals surface area contributed by atoms with E-state index in [-0.39, 0.29) is 17.8 Å². The van der Waals surface area contributed by atoms with Crippen LogP contribution in [0.5, 0.6) is 0 Å². The largest absolute Gasteiger partial charge is 0.466 e. The van der Waals surface area contributed by atoms with Gasteiger partial charge in [-0.3, -0.25) is 9.59 Å². The van der Waals surface area contributed by atoms with Crippen LogP contribution in [-0.4, -0.2) is 41.5 Å². The van der Waals surface area contributed by atoms with E-state index in [1.807, 2.05) is 4.90 Å². The molecule has 0 N–H and O–H groups in total. The van der Waals surface area contributed by atoms with E-state index in [1.165, 1.54) is 6.39 Å². The first-order valence-corrected chi connectivity index (χ1v) is 7.02. The predicted octanol–water partition coefficient (Wildman–Crippen LogP) is 1.41. The smallest absolute Gasteiger partial charge is 0.309 e. The normalized spacial score (nSPS) is 16.1. The van der Waals surface area contributed by atoms with Gasteiger partial charge >= 0.3 is 5.97 Å². The number of carbonyl (C=O) groups excluding carboxylic acids is 2. The molecule has 110 valence electrons. The molecule has 1 aliphatic rings.